The van der Waals surface area contributed by atoms with Crippen molar-refractivity contribution < 1.29 is 48.9 Å². The molecule has 3 atom stereocenters. The highest BCUT2D eigenvalue weighted by atomic mass is 32.2. The number of anilines is 1. The Labute approximate surface area is 331 Å². The molecule has 3 aliphatic heterocycles. The summed E-state index contributed by atoms with van der Waals surface area (Å²) in [6, 6.07) is 12.1. The summed E-state index contributed by atoms with van der Waals surface area (Å²) in [4.78, 5) is 61.6. The van der Waals surface area contributed by atoms with Crippen LogP contribution in [-0.4, -0.2) is 93.4 Å². The number of thiazole rings is 1. The monoisotopic (exact) mass is 802 g/mol. The van der Waals surface area contributed by atoms with E-state index in [9.17, 15) is 39.6 Å². The lowest BCUT2D eigenvalue weighted by Crippen LogP contribution is -2.62. The van der Waals surface area contributed by atoms with Gasteiger partial charge in [0.15, 0.2) is 28.1 Å². The minimum atomic E-state index is -1.75. The number of ketones is 1. The van der Waals surface area contributed by atoms with E-state index in [0.717, 1.165) is 71.4 Å². The number of carboxylic acid groups (broad SMARTS) is 2. The molecule has 3 aromatic rings. The highest BCUT2D eigenvalue weighted by Gasteiger charge is 2.54. The summed E-state index contributed by atoms with van der Waals surface area (Å²) in [6.07, 6.45) is 8.82. The Kier molecular flexibility index (Phi) is 10.7. The maximum atomic E-state index is 13.5. The number of nitrogens with zero attached hydrogens (tertiary/aromatic N) is 4. The van der Waals surface area contributed by atoms with Gasteiger partial charge in [0, 0.05) is 35.1 Å². The second-order valence-corrected chi connectivity index (χ2v) is 17.4. The fourth-order valence-electron chi connectivity index (χ4n) is 8.16. The lowest BCUT2D eigenvalue weighted by Gasteiger charge is -2.49. The van der Waals surface area contributed by atoms with Crippen LogP contribution in [0.25, 0.3) is 6.08 Å². The molecule has 14 nitrogen and oxygen atoms in total. The minimum Gasteiger partial charge on any atom is -0.504 e. The van der Waals surface area contributed by atoms with Crippen molar-refractivity contribution in [3.63, 3.8) is 0 Å². The fraction of sp³-hybridized carbons (Fsp3) is 0.400. The first-order valence-corrected chi connectivity index (χ1v) is 20.4. The number of benzene rings is 2. The fourth-order valence-corrected chi connectivity index (χ4v) is 10.1. The Morgan fingerprint density at radius 3 is 2.41 bits per heavy atom. The summed E-state index contributed by atoms with van der Waals surface area (Å²) in [7, 11) is 0. The molecule has 294 valence electrons. The van der Waals surface area contributed by atoms with Crippen molar-refractivity contribution in [2.75, 3.05) is 18.0 Å². The number of aromatic nitrogens is 1. The summed E-state index contributed by atoms with van der Waals surface area (Å²) in [5.41, 5.74) is 8.38. The average Bonchev–Trinajstić information content (AvgIpc) is 3.87. The second-order valence-electron chi connectivity index (χ2n) is 15.4. The van der Waals surface area contributed by atoms with E-state index in [2.05, 4.69) is 22.3 Å². The molecule has 0 spiro atoms. The van der Waals surface area contributed by atoms with Gasteiger partial charge in [0.25, 0.3) is 0 Å². The van der Waals surface area contributed by atoms with Gasteiger partial charge >= 0.3 is 11.9 Å². The largest absolute Gasteiger partial charge is 0.504 e. The van der Waals surface area contributed by atoms with E-state index in [4.69, 9.17) is 10.6 Å². The van der Waals surface area contributed by atoms with E-state index >= 15 is 0 Å². The zero-order valence-corrected chi connectivity index (χ0v) is 32.6. The van der Waals surface area contributed by atoms with Crippen LogP contribution in [0.5, 0.6) is 11.5 Å². The number of nitrogens with two attached hydrogens (primary N) is 1. The van der Waals surface area contributed by atoms with Crippen molar-refractivity contribution in [2.24, 2.45) is 11.1 Å². The third-order valence-electron chi connectivity index (χ3n) is 11.3. The number of carbonyl (C=O) groups excluding carboxylic acids is 2. The summed E-state index contributed by atoms with van der Waals surface area (Å²) < 4.78 is 0.903. The standard InChI is InChI=1S/C40H43N5O9S2/c1-40(2,38(52)53)54-43-33(29-21-56-39(41)42-29)32(48)17-28-35(49)44-34(37(50)51)25(20-55-36(28)44)12-11-22-7-9-23(10-8-22)18-45(27-5-3-4-6-27)14-13-24-15-30(46)31(47)16-26(24)19-45/h7-12,15-16,21,27-28,36H,3-6,13-14,17-20H2,1-2H3,(H5-,41,42,43,46,47,48,50,51,52,53)/p+1/t28-,36-,45?/m1/s1. The average molecular weight is 803 g/mol. The summed E-state index contributed by atoms with van der Waals surface area (Å²) in [5, 5.41) is 44.9. The van der Waals surface area contributed by atoms with Gasteiger partial charge in [-0.15, -0.1) is 23.1 Å². The van der Waals surface area contributed by atoms with Gasteiger partial charge in [0.2, 0.25) is 11.5 Å². The first-order valence-electron chi connectivity index (χ1n) is 18.5. The van der Waals surface area contributed by atoms with E-state index in [1.54, 1.807) is 18.2 Å². The number of hydrogen-bond donors (Lipinski definition) is 5. The molecule has 7 rings (SSSR count). The molecule has 56 heavy (non-hydrogen) atoms. The Morgan fingerprint density at radius 1 is 1.07 bits per heavy atom. The van der Waals surface area contributed by atoms with Crippen molar-refractivity contribution in [1.29, 1.82) is 0 Å². The van der Waals surface area contributed by atoms with Crippen LogP contribution in [0.2, 0.25) is 0 Å². The van der Waals surface area contributed by atoms with Gasteiger partial charge in [-0.3, -0.25) is 14.5 Å². The summed E-state index contributed by atoms with van der Waals surface area (Å²) in [6.45, 7) is 5.12. The molecule has 1 saturated carbocycles. The zero-order valence-electron chi connectivity index (χ0n) is 31.0. The number of amides is 1. The van der Waals surface area contributed by atoms with Crippen LogP contribution in [0.15, 0.2) is 64.3 Å². The molecule has 2 aromatic carbocycles. The SMILES string of the molecule is CC(C)(O/N=C(\C(=O)C[C@@H]1C(=O)N2C(C(=O)O)=C(C=Cc3ccc(C[N+]4(C5CCCC5)CCc5cc(O)c(O)cc5C4)cc3)CS[C@H]12)c1csc(N)n1)C(=O)O. The molecule has 2 fully saturated rings. The number of carbonyl (C=O) groups is 4. The third-order valence-corrected chi connectivity index (χ3v) is 13.3. The summed E-state index contributed by atoms with van der Waals surface area (Å²) >= 11 is 2.42. The number of allylic oxidation sites excluding steroid dienone is 1. The van der Waals surface area contributed by atoms with Crippen LogP contribution in [0, 0.1) is 5.92 Å². The van der Waals surface area contributed by atoms with Crippen molar-refractivity contribution in [2.45, 2.75) is 82.5 Å². The molecular weight excluding hydrogens is 759 g/mol. The molecule has 0 bridgehead atoms. The lowest BCUT2D eigenvalue weighted by atomic mass is 9.89. The Balaban J connectivity index is 1.05. The molecule has 1 unspecified atom stereocenters. The number of carboxylic acids is 2. The number of oxime groups is 1. The number of hydrogen-bond acceptors (Lipinski definition) is 12. The number of rotatable bonds is 13. The van der Waals surface area contributed by atoms with Crippen LogP contribution in [0.3, 0.4) is 0 Å². The zero-order chi connectivity index (χ0) is 39.9. The number of phenolic OH excluding ortho intramolecular Hbond substituents is 2. The van der Waals surface area contributed by atoms with Crippen molar-refractivity contribution in [1.82, 2.24) is 9.88 Å². The van der Waals surface area contributed by atoms with E-state index in [0.29, 0.717) is 17.4 Å². The van der Waals surface area contributed by atoms with Crippen LogP contribution in [-0.2, 0) is 43.5 Å². The lowest BCUT2D eigenvalue weighted by molar-refractivity contribution is -0.977. The molecule has 4 aliphatic rings. The number of phenols is 2. The van der Waals surface area contributed by atoms with Gasteiger partial charge in [0.05, 0.1) is 23.9 Å². The summed E-state index contributed by atoms with van der Waals surface area (Å²) in [5.74, 6) is -4.39. The van der Waals surface area contributed by atoms with E-state index < -0.39 is 40.5 Å². The van der Waals surface area contributed by atoms with Gasteiger partial charge < -0.3 is 35.5 Å². The number of aliphatic carboxylic acids is 2. The first kappa shape index (κ1) is 39.1. The van der Waals surface area contributed by atoms with Gasteiger partial charge in [-0.25, -0.2) is 14.6 Å². The Morgan fingerprint density at radius 2 is 1.77 bits per heavy atom. The van der Waals surface area contributed by atoms with Crippen LogP contribution in [0.1, 0.15) is 73.9 Å². The van der Waals surface area contributed by atoms with Crippen LogP contribution >= 0.6 is 23.1 Å². The second kappa shape index (κ2) is 15.4. The molecule has 1 aliphatic carbocycles. The minimum absolute atomic E-state index is 0.0784. The quantitative estimate of drug-likeness (QED) is 0.0491. The number of fused-ring (bicyclic) bond motifs is 2. The molecule has 0 radical (unpaired) electrons. The topological polar surface area (TPSA) is 213 Å². The molecular formula is C40H44N5O9S2+. The molecule has 1 amide bonds. The van der Waals surface area contributed by atoms with Crippen molar-refractivity contribution in [3.8, 4) is 11.5 Å². The van der Waals surface area contributed by atoms with Gasteiger partial charge in [-0.1, -0.05) is 41.6 Å². The number of thioether (sulfide) groups is 1. The van der Waals surface area contributed by atoms with Gasteiger partial charge in [-0.2, -0.15) is 0 Å². The first-order chi connectivity index (χ1) is 26.7. The number of Topliss-reactive ketones (excluding diaryl/α,β-unsaturated/α-hetero) is 1. The van der Waals surface area contributed by atoms with Gasteiger partial charge in [0.1, 0.15) is 24.5 Å². The van der Waals surface area contributed by atoms with Crippen LogP contribution < -0.4 is 5.73 Å². The van der Waals surface area contributed by atoms with Crippen LogP contribution in [0.4, 0.5) is 5.13 Å². The Hall–Kier alpha value is -5.19. The molecule has 16 heteroatoms. The smallest absolute Gasteiger partial charge is 0.352 e. The van der Waals surface area contributed by atoms with Gasteiger partial charge in [-0.05, 0) is 68.4 Å². The highest BCUT2D eigenvalue weighted by molar-refractivity contribution is 8.00. The number of quaternary nitrogens is 1. The molecule has 6 N–H and O–H groups in total. The maximum Gasteiger partial charge on any atom is 0.352 e. The van der Waals surface area contributed by atoms with Crippen molar-refractivity contribution in [3.05, 3.63) is 87.1 Å². The molecule has 1 saturated heterocycles. The maximum absolute atomic E-state index is 13.5. The predicted molar refractivity (Wildman–Crippen MR) is 210 cm³/mol. The third kappa shape index (κ3) is 7.64. The van der Waals surface area contributed by atoms with E-state index in [1.807, 2.05) is 18.2 Å². The normalized spacial score (nSPS) is 22.9. The Bertz CT molecular complexity index is 2170. The van der Waals surface area contributed by atoms with Crippen molar-refractivity contribution >= 4 is 63.6 Å². The number of aromatic hydroxyl groups is 2. The number of nitrogen functional groups attached to an aromatic ring is 1. The predicted octanol–water partition coefficient (Wildman–Crippen LogP) is 5.28. The van der Waals surface area contributed by atoms with E-state index in [1.165, 1.54) is 54.3 Å². The number of β-lactam (4-membered cyclic amide) rings is 1. The highest BCUT2D eigenvalue weighted by Crippen LogP contribution is 2.46. The molecule has 1 aromatic heterocycles. The van der Waals surface area contributed by atoms with E-state index in [-0.39, 0.29) is 40.2 Å². The molecule has 4 heterocycles.